The van der Waals surface area contributed by atoms with Gasteiger partial charge in [-0.3, -0.25) is 4.90 Å². The Balaban J connectivity index is 1.55. The number of thiophene rings is 1. The molecule has 0 saturated carbocycles. The van der Waals surface area contributed by atoms with Gasteiger partial charge in [-0.05, 0) is 50.8 Å². The third-order valence-corrected chi connectivity index (χ3v) is 5.74. The van der Waals surface area contributed by atoms with Crippen molar-refractivity contribution in [3.63, 3.8) is 0 Å². The molecule has 0 bridgehead atoms. The normalized spacial score (nSPS) is 19.0. The van der Waals surface area contributed by atoms with Crippen LogP contribution in [-0.2, 0) is 4.74 Å². The van der Waals surface area contributed by atoms with Gasteiger partial charge in [-0.1, -0.05) is 11.6 Å². The number of hydrogen-bond acceptors (Lipinski definition) is 8. The standard InChI is InChI=1S/C20H24ClN5O2S/c1-20(2,3)28-19(27)26-8-5-13(11-26)23-18-16-14(6-9-29-16)24-17(25-18)12-4-7-22-15(21)10-12/h4,6-7,9-10,13,19,27H,5,8,11H2,1-3H3,(H,23,24,25)/t13-,19?/m1/s1. The number of fused-ring (bicyclic) bond motifs is 1. The van der Waals surface area contributed by atoms with Gasteiger partial charge in [0.2, 0.25) is 6.41 Å². The molecule has 0 aliphatic carbocycles. The van der Waals surface area contributed by atoms with Crippen LogP contribution in [0.5, 0.6) is 0 Å². The molecule has 4 rings (SSSR count). The van der Waals surface area contributed by atoms with Gasteiger partial charge >= 0.3 is 0 Å². The van der Waals surface area contributed by atoms with Gasteiger partial charge in [-0.15, -0.1) is 11.3 Å². The summed E-state index contributed by atoms with van der Waals surface area (Å²) in [6, 6.07) is 5.75. The van der Waals surface area contributed by atoms with Crippen molar-refractivity contribution in [2.45, 2.75) is 45.2 Å². The smallest absolute Gasteiger partial charge is 0.216 e. The Morgan fingerprint density at radius 2 is 2.17 bits per heavy atom. The third-order valence-electron chi connectivity index (χ3n) is 4.62. The van der Waals surface area contributed by atoms with Gasteiger partial charge in [-0.25, -0.2) is 15.0 Å². The van der Waals surface area contributed by atoms with Crippen LogP contribution in [0.15, 0.2) is 29.8 Å². The highest BCUT2D eigenvalue weighted by atomic mass is 35.5. The third kappa shape index (κ3) is 4.84. The van der Waals surface area contributed by atoms with Crippen LogP contribution >= 0.6 is 22.9 Å². The summed E-state index contributed by atoms with van der Waals surface area (Å²) in [4.78, 5) is 15.4. The fraction of sp³-hybridized carbons (Fsp3) is 0.450. The average Bonchev–Trinajstić information content (AvgIpc) is 3.29. The maximum atomic E-state index is 10.4. The number of anilines is 1. The second-order valence-corrected chi connectivity index (χ2v) is 9.38. The summed E-state index contributed by atoms with van der Waals surface area (Å²) in [5.74, 6) is 1.40. The van der Waals surface area contributed by atoms with Gasteiger partial charge in [0.15, 0.2) is 5.82 Å². The number of aromatic nitrogens is 3. The topological polar surface area (TPSA) is 83.4 Å². The van der Waals surface area contributed by atoms with Crippen molar-refractivity contribution < 1.29 is 9.84 Å². The Labute approximate surface area is 178 Å². The molecular weight excluding hydrogens is 410 g/mol. The second kappa shape index (κ2) is 8.12. The van der Waals surface area contributed by atoms with Crippen LogP contribution < -0.4 is 5.32 Å². The van der Waals surface area contributed by atoms with Crippen molar-refractivity contribution in [2.24, 2.45) is 0 Å². The second-order valence-electron chi connectivity index (χ2n) is 8.08. The van der Waals surface area contributed by atoms with Crippen LogP contribution in [0.3, 0.4) is 0 Å². The van der Waals surface area contributed by atoms with E-state index in [0.717, 1.165) is 34.6 Å². The first-order valence-corrected chi connectivity index (χ1v) is 10.8. The minimum atomic E-state index is -0.913. The number of hydrogen-bond donors (Lipinski definition) is 2. The number of aliphatic hydroxyl groups is 1. The molecule has 0 amide bonds. The van der Waals surface area contributed by atoms with E-state index < -0.39 is 12.0 Å². The largest absolute Gasteiger partial charge is 0.365 e. The first kappa shape index (κ1) is 20.4. The number of aliphatic hydroxyl groups excluding tert-OH is 1. The minimum Gasteiger partial charge on any atom is -0.365 e. The molecule has 2 N–H and O–H groups in total. The van der Waals surface area contributed by atoms with Crippen LogP contribution in [-0.4, -0.2) is 56.1 Å². The number of ether oxygens (including phenoxy) is 1. The summed E-state index contributed by atoms with van der Waals surface area (Å²) < 4.78 is 6.69. The van der Waals surface area contributed by atoms with E-state index in [-0.39, 0.29) is 6.04 Å². The lowest BCUT2D eigenvalue weighted by Crippen LogP contribution is -2.41. The van der Waals surface area contributed by atoms with E-state index in [1.165, 1.54) is 0 Å². The maximum absolute atomic E-state index is 10.4. The van der Waals surface area contributed by atoms with E-state index in [4.69, 9.17) is 21.3 Å². The molecule has 7 nitrogen and oxygen atoms in total. The number of halogens is 1. The van der Waals surface area contributed by atoms with Crippen LogP contribution in [0.2, 0.25) is 5.15 Å². The zero-order chi connectivity index (χ0) is 20.6. The van der Waals surface area contributed by atoms with Crippen molar-refractivity contribution in [1.82, 2.24) is 19.9 Å². The van der Waals surface area contributed by atoms with E-state index in [1.807, 2.05) is 43.2 Å². The molecule has 2 atom stereocenters. The molecule has 1 saturated heterocycles. The lowest BCUT2D eigenvalue weighted by Gasteiger charge is -2.29. The number of pyridine rings is 1. The van der Waals surface area contributed by atoms with Crippen molar-refractivity contribution >= 4 is 39.0 Å². The Morgan fingerprint density at radius 3 is 2.93 bits per heavy atom. The molecule has 1 aliphatic rings. The number of nitrogens with one attached hydrogen (secondary N) is 1. The van der Waals surface area contributed by atoms with Gasteiger partial charge in [0.1, 0.15) is 11.0 Å². The summed E-state index contributed by atoms with van der Waals surface area (Å²) in [5, 5.41) is 16.3. The summed E-state index contributed by atoms with van der Waals surface area (Å²) in [6.45, 7) is 7.22. The minimum absolute atomic E-state index is 0.155. The molecule has 154 valence electrons. The molecule has 9 heteroatoms. The maximum Gasteiger partial charge on any atom is 0.216 e. The lowest BCUT2D eigenvalue weighted by atomic mass is 10.2. The Kier molecular flexibility index (Phi) is 5.72. The molecule has 0 aromatic carbocycles. The van der Waals surface area contributed by atoms with Gasteiger partial charge < -0.3 is 15.2 Å². The lowest BCUT2D eigenvalue weighted by molar-refractivity contribution is -0.233. The highest BCUT2D eigenvalue weighted by Gasteiger charge is 2.30. The molecule has 1 fully saturated rings. The van der Waals surface area contributed by atoms with E-state index in [0.29, 0.717) is 17.5 Å². The van der Waals surface area contributed by atoms with Crippen molar-refractivity contribution in [3.8, 4) is 11.4 Å². The van der Waals surface area contributed by atoms with Crippen LogP contribution in [0.25, 0.3) is 21.6 Å². The summed E-state index contributed by atoms with van der Waals surface area (Å²) in [5.41, 5.74) is 1.31. The van der Waals surface area contributed by atoms with E-state index in [2.05, 4.69) is 15.3 Å². The van der Waals surface area contributed by atoms with Crippen LogP contribution in [0, 0.1) is 0 Å². The molecule has 1 unspecified atom stereocenters. The fourth-order valence-electron chi connectivity index (χ4n) is 3.32. The highest BCUT2D eigenvalue weighted by Crippen LogP contribution is 2.31. The highest BCUT2D eigenvalue weighted by molar-refractivity contribution is 7.17. The van der Waals surface area contributed by atoms with Crippen molar-refractivity contribution in [3.05, 3.63) is 34.9 Å². The van der Waals surface area contributed by atoms with Gasteiger partial charge in [0.05, 0.1) is 15.8 Å². The molecule has 3 aromatic rings. The molecule has 0 spiro atoms. The average molecular weight is 434 g/mol. The molecule has 1 aliphatic heterocycles. The molecular formula is C20H24ClN5O2S. The summed E-state index contributed by atoms with van der Waals surface area (Å²) in [7, 11) is 0. The number of nitrogens with zero attached hydrogens (tertiary/aromatic N) is 4. The van der Waals surface area contributed by atoms with Gasteiger partial charge in [0, 0.05) is 30.9 Å². The fourth-order valence-corrected chi connectivity index (χ4v) is 4.28. The Bertz CT molecular complexity index is 1010. The first-order valence-electron chi connectivity index (χ1n) is 9.52. The van der Waals surface area contributed by atoms with Crippen LogP contribution in [0.4, 0.5) is 5.82 Å². The first-order chi connectivity index (χ1) is 13.8. The summed E-state index contributed by atoms with van der Waals surface area (Å²) in [6.07, 6.45) is 1.62. The Morgan fingerprint density at radius 1 is 1.34 bits per heavy atom. The number of likely N-dealkylation sites (tertiary alicyclic amines) is 1. The SMILES string of the molecule is CC(C)(C)OC(O)N1CC[C@@H](Nc2nc(-c3ccnc(Cl)c3)nc3ccsc23)C1. The number of rotatable bonds is 5. The zero-order valence-electron chi connectivity index (χ0n) is 16.6. The van der Waals surface area contributed by atoms with Crippen molar-refractivity contribution in [1.29, 1.82) is 0 Å². The zero-order valence-corrected chi connectivity index (χ0v) is 18.2. The molecule has 4 heterocycles. The summed E-state index contributed by atoms with van der Waals surface area (Å²) >= 11 is 7.64. The predicted octanol–water partition coefficient (Wildman–Crippen LogP) is 3.98. The molecule has 29 heavy (non-hydrogen) atoms. The van der Waals surface area contributed by atoms with E-state index in [9.17, 15) is 5.11 Å². The quantitative estimate of drug-likeness (QED) is 0.465. The van der Waals surface area contributed by atoms with Gasteiger partial charge in [-0.2, -0.15) is 0 Å². The van der Waals surface area contributed by atoms with Gasteiger partial charge in [0.25, 0.3) is 0 Å². The van der Waals surface area contributed by atoms with E-state index >= 15 is 0 Å². The monoisotopic (exact) mass is 433 g/mol. The Hall–Kier alpha value is -1.84. The van der Waals surface area contributed by atoms with E-state index in [1.54, 1.807) is 23.6 Å². The predicted molar refractivity (Wildman–Crippen MR) is 116 cm³/mol. The molecule has 3 aromatic heterocycles. The van der Waals surface area contributed by atoms with Crippen LogP contribution in [0.1, 0.15) is 27.2 Å². The van der Waals surface area contributed by atoms with Crippen molar-refractivity contribution in [2.75, 3.05) is 18.4 Å². The molecule has 0 radical (unpaired) electrons.